The van der Waals surface area contributed by atoms with Crippen LogP contribution in [0.5, 0.6) is 0 Å². The van der Waals surface area contributed by atoms with Crippen molar-refractivity contribution in [2.75, 3.05) is 0 Å². The van der Waals surface area contributed by atoms with E-state index in [9.17, 15) is 0 Å². The lowest BCUT2D eigenvalue weighted by Gasteiger charge is -2.05. The summed E-state index contributed by atoms with van der Waals surface area (Å²) < 4.78 is 0. The van der Waals surface area contributed by atoms with Crippen LogP contribution >= 0.6 is 0 Å². The van der Waals surface area contributed by atoms with Gasteiger partial charge in [0.15, 0.2) is 0 Å². The molecular weight excluding hydrogens is 312 g/mol. The average Bonchev–Trinajstić information content (AvgIpc) is 2.49. The molecular formula is C18H40O6. The van der Waals surface area contributed by atoms with Gasteiger partial charge in [0, 0.05) is 0 Å². The van der Waals surface area contributed by atoms with Crippen LogP contribution < -0.4 is 0 Å². The topological polar surface area (TPSA) is 115 Å². The highest BCUT2D eigenvalue weighted by atomic mass is 16.6. The van der Waals surface area contributed by atoms with E-state index in [2.05, 4.69) is 41.5 Å². The van der Waals surface area contributed by atoms with Crippen LogP contribution in [0.3, 0.4) is 0 Å². The van der Waals surface area contributed by atoms with Gasteiger partial charge in [-0.3, -0.25) is 0 Å². The van der Waals surface area contributed by atoms with E-state index in [1.54, 1.807) is 0 Å². The molecule has 0 bridgehead atoms. The quantitative estimate of drug-likeness (QED) is 0.430. The van der Waals surface area contributed by atoms with Crippen molar-refractivity contribution >= 4 is 12.3 Å². The molecule has 1 fully saturated rings. The normalized spacial score (nSPS) is 12.0. The second-order valence-electron chi connectivity index (χ2n) is 6.29. The Kier molecular flexibility index (Phi) is 33.5. The van der Waals surface area contributed by atoms with Crippen LogP contribution in [0.4, 0.5) is 9.59 Å². The van der Waals surface area contributed by atoms with Crippen LogP contribution in [0.2, 0.25) is 0 Å². The third kappa shape index (κ3) is 108. The zero-order chi connectivity index (χ0) is 20.0. The Balaban J connectivity index is -0.000000105. The first-order valence-electron chi connectivity index (χ1n) is 8.84. The summed E-state index contributed by atoms with van der Waals surface area (Å²) in [6.45, 7) is 13.3. The van der Waals surface area contributed by atoms with Crippen molar-refractivity contribution in [2.45, 2.75) is 92.9 Å². The molecule has 0 aromatic heterocycles. The van der Waals surface area contributed by atoms with Gasteiger partial charge in [-0.2, -0.15) is 0 Å². The Morgan fingerprint density at radius 1 is 0.625 bits per heavy atom. The minimum absolute atomic E-state index is 0.884. The summed E-state index contributed by atoms with van der Waals surface area (Å²) in [5.74, 6) is 1.77. The van der Waals surface area contributed by atoms with Gasteiger partial charge in [0.1, 0.15) is 0 Å². The lowest BCUT2D eigenvalue weighted by Crippen LogP contribution is -1.85. The Morgan fingerprint density at radius 2 is 0.708 bits per heavy atom. The van der Waals surface area contributed by atoms with Gasteiger partial charge in [-0.25, -0.2) is 9.59 Å². The van der Waals surface area contributed by atoms with Crippen molar-refractivity contribution in [3.05, 3.63) is 0 Å². The lowest BCUT2D eigenvalue weighted by atomic mass is 10.0. The molecule has 0 aromatic carbocycles. The van der Waals surface area contributed by atoms with Gasteiger partial charge in [-0.05, 0) is 11.8 Å². The zero-order valence-corrected chi connectivity index (χ0v) is 16.4. The SMILES string of the molecule is C1CCCCC1.CCC(C)C.CCC(C)C.O=C(O)O.O=C(O)O. The van der Waals surface area contributed by atoms with Gasteiger partial charge in [0.05, 0.1) is 0 Å². The molecule has 0 unspecified atom stereocenters. The molecule has 1 aliphatic rings. The van der Waals surface area contributed by atoms with Crippen molar-refractivity contribution in [2.24, 2.45) is 11.8 Å². The molecule has 6 nitrogen and oxygen atoms in total. The summed E-state index contributed by atoms with van der Waals surface area (Å²) in [4.78, 5) is 17.1. The zero-order valence-electron chi connectivity index (χ0n) is 16.4. The van der Waals surface area contributed by atoms with Crippen LogP contribution in [0.1, 0.15) is 92.9 Å². The summed E-state index contributed by atoms with van der Waals surface area (Å²) in [6, 6.07) is 0. The molecule has 0 heterocycles. The third-order valence-corrected chi connectivity index (χ3v) is 3.13. The highest BCUT2D eigenvalue weighted by molar-refractivity contribution is 5.53. The molecule has 6 heteroatoms. The fraction of sp³-hybridized carbons (Fsp3) is 0.889. The van der Waals surface area contributed by atoms with Gasteiger partial charge in [-0.1, -0.05) is 92.9 Å². The van der Waals surface area contributed by atoms with Gasteiger partial charge >= 0.3 is 12.3 Å². The molecule has 1 saturated carbocycles. The van der Waals surface area contributed by atoms with E-state index >= 15 is 0 Å². The van der Waals surface area contributed by atoms with Crippen LogP contribution in [0.25, 0.3) is 0 Å². The summed E-state index contributed by atoms with van der Waals surface area (Å²) in [6.07, 6.45) is 7.94. The number of carbonyl (C=O) groups is 2. The molecule has 4 N–H and O–H groups in total. The van der Waals surface area contributed by atoms with Crippen molar-refractivity contribution in [1.29, 1.82) is 0 Å². The summed E-state index contributed by atoms with van der Waals surface area (Å²) in [5.41, 5.74) is 0. The molecule has 0 spiro atoms. The summed E-state index contributed by atoms with van der Waals surface area (Å²) >= 11 is 0. The van der Waals surface area contributed by atoms with E-state index in [0.717, 1.165) is 11.8 Å². The van der Waals surface area contributed by atoms with E-state index in [1.165, 1.54) is 51.4 Å². The Bertz CT molecular complexity index is 208. The number of rotatable bonds is 2. The van der Waals surface area contributed by atoms with Crippen LogP contribution in [-0.4, -0.2) is 32.7 Å². The lowest BCUT2D eigenvalue weighted by molar-refractivity contribution is 0.135. The predicted molar refractivity (Wildman–Crippen MR) is 99.3 cm³/mol. The molecule has 0 saturated heterocycles. The minimum atomic E-state index is -1.83. The highest BCUT2D eigenvalue weighted by Crippen LogP contribution is 2.15. The second-order valence-corrected chi connectivity index (χ2v) is 6.29. The summed E-state index contributed by atoms with van der Waals surface area (Å²) in [5, 5.41) is 27.9. The second kappa shape index (κ2) is 26.4. The van der Waals surface area contributed by atoms with E-state index < -0.39 is 12.3 Å². The van der Waals surface area contributed by atoms with E-state index in [1.807, 2.05) is 0 Å². The van der Waals surface area contributed by atoms with E-state index in [4.69, 9.17) is 30.0 Å². The van der Waals surface area contributed by atoms with Crippen molar-refractivity contribution in [1.82, 2.24) is 0 Å². The largest absolute Gasteiger partial charge is 0.503 e. The number of hydrogen-bond donors (Lipinski definition) is 4. The fourth-order valence-corrected chi connectivity index (χ4v) is 1.06. The maximum atomic E-state index is 8.56. The van der Waals surface area contributed by atoms with Gasteiger partial charge in [0.25, 0.3) is 0 Å². The maximum absolute atomic E-state index is 8.56. The predicted octanol–water partition coefficient (Wildman–Crippen LogP) is 6.89. The molecule has 148 valence electrons. The first-order chi connectivity index (χ1) is 11.0. The van der Waals surface area contributed by atoms with Crippen LogP contribution in [0, 0.1) is 11.8 Å². The molecule has 0 aliphatic heterocycles. The minimum Gasteiger partial charge on any atom is -0.450 e. The Labute approximate surface area is 147 Å². The highest BCUT2D eigenvalue weighted by Gasteiger charge is 1.95. The molecule has 0 atom stereocenters. The monoisotopic (exact) mass is 352 g/mol. The van der Waals surface area contributed by atoms with Gasteiger partial charge in [-0.15, -0.1) is 0 Å². The smallest absolute Gasteiger partial charge is 0.450 e. The molecule has 0 aromatic rings. The Hall–Kier alpha value is -1.46. The molecule has 1 rings (SSSR count). The van der Waals surface area contributed by atoms with Crippen molar-refractivity contribution in [3.63, 3.8) is 0 Å². The van der Waals surface area contributed by atoms with Crippen LogP contribution in [0.15, 0.2) is 0 Å². The average molecular weight is 353 g/mol. The third-order valence-electron chi connectivity index (χ3n) is 3.13. The number of hydrogen-bond acceptors (Lipinski definition) is 2. The van der Waals surface area contributed by atoms with Gasteiger partial charge in [0.2, 0.25) is 0 Å². The molecule has 0 amide bonds. The molecule has 24 heavy (non-hydrogen) atoms. The Morgan fingerprint density at radius 3 is 0.750 bits per heavy atom. The first kappa shape index (κ1) is 30.4. The number of carboxylic acid groups (broad SMARTS) is 4. The van der Waals surface area contributed by atoms with Crippen molar-refractivity contribution in [3.8, 4) is 0 Å². The van der Waals surface area contributed by atoms with Crippen LogP contribution in [-0.2, 0) is 0 Å². The van der Waals surface area contributed by atoms with Gasteiger partial charge < -0.3 is 20.4 Å². The van der Waals surface area contributed by atoms with E-state index in [0.29, 0.717) is 0 Å². The van der Waals surface area contributed by atoms with E-state index in [-0.39, 0.29) is 0 Å². The standard InChI is InChI=1S/C6H12.2C5H12.2CH2O3/c1-2-4-6-5-3-1;2*1-4-5(2)3;2*2-1(3)4/h1-6H2;2*5H,4H2,1-3H3;2*(H2,2,3,4). The van der Waals surface area contributed by atoms with Crippen molar-refractivity contribution < 1.29 is 30.0 Å². The maximum Gasteiger partial charge on any atom is 0.503 e. The fourth-order valence-electron chi connectivity index (χ4n) is 1.06. The first-order valence-corrected chi connectivity index (χ1v) is 8.84. The molecule has 0 radical (unpaired) electrons. The summed E-state index contributed by atoms with van der Waals surface area (Å²) in [7, 11) is 0. The molecule has 1 aliphatic carbocycles.